The maximum absolute atomic E-state index is 5.85. The summed E-state index contributed by atoms with van der Waals surface area (Å²) >= 11 is 0. The van der Waals surface area contributed by atoms with E-state index in [4.69, 9.17) is 10.5 Å². The van der Waals surface area contributed by atoms with Crippen LogP contribution in [-0.4, -0.2) is 26.5 Å². The predicted octanol–water partition coefficient (Wildman–Crippen LogP) is 1.85. The van der Waals surface area contributed by atoms with Crippen molar-refractivity contribution in [3.8, 4) is 5.75 Å². The summed E-state index contributed by atoms with van der Waals surface area (Å²) in [6.45, 7) is 0.680. The van der Waals surface area contributed by atoms with Crippen LogP contribution in [0.3, 0.4) is 0 Å². The van der Waals surface area contributed by atoms with E-state index in [9.17, 15) is 0 Å². The molecule has 6 nitrogen and oxygen atoms in total. The molecular weight excluding hydrogens is 254 g/mol. The lowest BCUT2D eigenvalue weighted by Crippen LogP contribution is -2.16. The smallest absolute Gasteiger partial charge is 0.183 e. The van der Waals surface area contributed by atoms with Gasteiger partial charge in [0.05, 0.1) is 6.61 Å². The molecule has 4 rings (SSSR count). The van der Waals surface area contributed by atoms with Crippen molar-refractivity contribution in [3.05, 3.63) is 42.0 Å². The fourth-order valence-electron chi connectivity index (χ4n) is 2.66. The Labute approximate surface area is 115 Å². The van der Waals surface area contributed by atoms with Gasteiger partial charge in [0.25, 0.3) is 0 Å². The fourth-order valence-corrected chi connectivity index (χ4v) is 2.66. The molecule has 1 unspecified atom stereocenters. The molecule has 20 heavy (non-hydrogen) atoms. The minimum Gasteiger partial charge on any atom is -0.493 e. The van der Waals surface area contributed by atoms with Gasteiger partial charge in [0, 0.05) is 11.5 Å². The number of nitrogens with two attached hydrogens (primary N) is 1. The number of nitrogen functional groups attached to an aromatic ring is 1. The van der Waals surface area contributed by atoms with Crippen molar-refractivity contribution in [2.75, 3.05) is 12.3 Å². The van der Waals surface area contributed by atoms with Crippen LogP contribution in [0.1, 0.15) is 23.7 Å². The molecule has 1 atom stereocenters. The number of ether oxygens (including phenoxy) is 1. The van der Waals surface area contributed by atoms with E-state index in [1.165, 1.54) is 6.33 Å². The third kappa shape index (κ3) is 1.61. The number of fused-ring (bicyclic) bond motifs is 2. The van der Waals surface area contributed by atoms with Crippen molar-refractivity contribution in [2.24, 2.45) is 0 Å². The first-order valence-electron chi connectivity index (χ1n) is 6.51. The second-order valence-electron chi connectivity index (χ2n) is 4.81. The van der Waals surface area contributed by atoms with Crippen molar-refractivity contribution in [2.45, 2.75) is 12.3 Å². The number of aromatic nitrogens is 4. The van der Waals surface area contributed by atoms with Crippen molar-refractivity contribution in [3.63, 3.8) is 0 Å². The number of nitrogens with one attached hydrogen (secondary N) is 1. The van der Waals surface area contributed by atoms with Crippen molar-refractivity contribution < 1.29 is 4.74 Å². The summed E-state index contributed by atoms with van der Waals surface area (Å²) in [7, 11) is 0. The maximum atomic E-state index is 5.85. The lowest BCUT2D eigenvalue weighted by atomic mass is 9.92. The number of imidazole rings is 1. The number of rotatable bonds is 1. The van der Waals surface area contributed by atoms with Crippen molar-refractivity contribution in [1.82, 2.24) is 19.9 Å². The third-order valence-corrected chi connectivity index (χ3v) is 3.62. The molecule has 0 radical (unpaired) electrons. The zero-order valence-electron chi connectivity index (χ0n) is 10.7. The van der Waals surface area contributed by atoms with E-state index in [1.54, 1.807) is 0 Å². The second-order valence-corrected chi connectivity index (χ2v) is 4.81. The number of hydrogen-bond acceptors (Lipinski definition) is 5. The standard InChI is InChI=1S/C14H13N5O/c15-12-11-14(17-7-16-12)19-13(18-11)9-5-6-20-10-4-2-1-3-8(9)10/h1-4,7,9H,5-6H2,(H3,15,16,17,18,19). The van der Waals surface area contributed by atoms with Crippen LogP contribution in [-0.2, 0) is 0 Å². The molecule has 0 saturated heterocycles. The first-order chi connectivity index (χ1) is 9.83. The van der Waals surface area contributed by atoms with Crippen LogP contribution >= 0.6 is 0 Å². The van der Waals surface area contributed by atoms with E-state index < -0.39 is 0 Å². The Morgan fingerprint density at radius 1 is 1.25 bits per heavy atom. The van der Waals surface area contributed by atoms with E-state index in [1.807, 2.05) is 18.2 Å². The summed E-state index contributed by atoms with van der Waals surface area (Å²) in [5.74, 6) is 2.38. The largest absolute Gasteiger partial charge is 0.493 e. The molecule has 0 bridgehead atoms. The molecule has 0 spiro atoms. The van der Waals surface area contributed by atoms with Crippen LogP contribution in [0, 0.1) is 0 Å². The van der Waals surface area contributed by atoms with Gasteiger partial charge in [-0.2, -0.15) is 0 Å². The SMILES string of the molecule is Nc1ncnc2nc(C3CCOc4ccccc43)[nH]c12. The molecule has 3 heterocycles. The average Bonchev–Trinajstić information content (AvgIpc) is 2.92. The van der Waals surface area contributed by atoms with Crippen LogP contribution in [0.15, 0.2) is 30.6 Å². The molecule has 2 aromatic heterocycles. The van der Waals surface area contributed by atoms with E-state index in [2.05, 4.69) is 26.0 Å². The molecule has 0 fully saturated rings. The Morgan fingerprint density at radius 2 is 2.15 bits per heavy atom. The molecule has 1 aliphatic heterocycles. The number of benzene rings is 1. The minimum atomic E-state index is 0.175. The summed E-state index contributed by atoms with van der Waals surface area (Å²) in [4.78, 5) is 15.9. The number of H-pyrrole nitrogens is 1. The Bertz CT molecular complexity index is 782. The molecule has 6 heteroatoms. The average molecular weight is 267 g/mol. The summed E-state index contributed by atoms with van der Waals surface area (Å²) in [6.07, 6.45) is 2.31. The van der Waals surface area contributed by atoms with Gasteiger partial charge in [0.15, 0.2) is 11.5 Å². The zero-order chi connectivity index (χ0) is 13.5. The van der Waals surface area contributed by atoms with Crippen LogP contribution in [0.2, 0.25) is 0 Å². The van der Waals surface area contributed by atoms with Crippen LogP contribution < -0.4 is 10.5 Å². The zero-order valence-corrected chi connectivity index (χ0v) is 10.7. The third-order valence-electron chi connectivity index (χ3n) is 3.62. The molecule has 3 aromatic rings. The number of hydrogen-bond donors (Lipinski definition) is 2. The normalized spacial score (nSPS) is 17.7. The highest BCUT2D eigenvalue weighted by Crippen LogP contribution is 2.37. The molecular formula is C14H13N5O. The first-order valence-corrected chi connectivity index (χ1v) is 6.51. The second kappa shape index (κ2) is 4.19. The summed E-state index contributed by atoms with van der Waals surface area (Å²) in [5.41, 5.74) is 8.30. The van der Waals surface area contributed by atoms with Crippen LogP contribution in [0.5, 0.6) is 5.75 Å². The highest BCUT2D eigenvalue weighted by atomic mass is 16.5. The van der Waals surface area contributed by atoms with Gasteiger partial charge in [-0.25, -0.2) is 15.0 Å². The number of para-hydroxylation sites is 1. The van der Waals surface area contributed by atoms with Gasteiger partial charge in [0.2, 0.25) is 0 Å². The van der Waals surface area contributed by atoms with Gasteiger partial charge in [-0.05, 0) is 12.5 Å². The lowest BCUT2D eigenvalue weighted by Gasteiger charge is -2.24. The molecule has 1 aromatic carbocycles. The van der Waals surface area contributed by atoms with Gasteiger partial charge < -0.3 is 15.5 Å². The quantitative estimate of drug-likeness (QED) is 0.702. The van der Waals surface area contributed by atoms with Gasteiger partial charge in [0.1, 0.15) is 23.4 Å². The molecule has 1 aliphatic rings. The topological polar surface area (TPSA) is 89.7 Å². The van der Waals surface area contributed by atoms with Crippen LogP contribution in [0.25, 0.3) is 11.2 Å². The summed E-state index contributed by atoms with van der Waals surface area (Å²) in [5, 5.41) is 0. The highest BCUT2D eigenvalue weighted by Gasteiger charge is 2.25. The van der Waals surface area contributed by atoms with E-state index in [-0.39, 0.29) is 5.92 Å². The molecule has 0 saturated carbocycles. The van der Waals surface area contributed by atoms with Crippen LogP contribution in [0.4, 0.5) is 5.82 Å². The number of anilines is 1. The lowest BCUT2D eigenvalue weighted by molar-refractivity contribution is 0.275. The fraction of sp³-hybridized carbons (Fsp3) is 0.214. The Morgan fingerprint density at radius 3 is 3.05 bits per heavy atom. The van der Waals surface area contributed by atoms with Gasteiger partial charge in [-0.1, -0.05) is 18.2 Å². The molecule has 3 N–H and O–H groups in total. The summed E-state index contributed by atoms with van der Waals surface area (Å²) < 4.78 is 5.68. The Hall–Kier alpha value is -2.63. The van der Waals surface area contributed by atoms with Gasteiger partial charge in [-0.3, -0.25) is 0 Å². The van der Waals surface area contributed by atoms with E-state index in [0.29, 0.717) is 23.6 Å². The molecule has 100 valence electrons. The summed E-state index contributed by atoms with van der Waals surface area (Å²) in [6, 6.07) is 8.04. The predicted molar refractivity (Wildman–Crippen MR) is 74.5 cm³/mol. The van der Waals surface area contributed by atoms with Gasteiger partial charge >= 0.3 is 0 Å². The van der Waals surface area contributed by atoms with E-state index >= 15 is 0 Å². The first kappa shape index (κ1) is 11.2. The highest BCUT2D eigenvalue weighted by molar-refractivity contribution is 5.81. The van der Waals surface area contributed by atoms with Gasteiger partial charge in [-0.15, -0.1) is 0 Å². The Kier molecular flexibility index (Phi) is 2.35. The maximum Gasteiger partial charge on any atom is 0.183 e. The number of nitrogens with zero attached hydrogens (tertiary/aromatic N) is 3. The van der Waals surface area contributed by atoms with Crippen molar-refractivity contribution in [1.29, 1.82) is 0 Å². The van der Waals surface area contributed by atoms with E-state index in [0.717, 1.165) is 23.6 Å². The van der Waals surface area contributed by atoms with Crippen molar-refractivity contribution >= 4 is 17.0 Å². The molecule has 0 aliphatic carbocycles. The number of aromatic amines is 1. The Balaban J connectivity index is 1.86. The molecule has 0 amide bonds. The minimum absolute atomic E-state index is 0.175. The monoisotopic (exact) mass is 267 g/mol.